The number of hydrogen-bond donors (Lipinski definition) is 2. The van der Waals surface area contributed by atoms with Crippen LogP contribution in [0, 0.1) is 35.1 Å². The van der Waals surface area contributed by atoms with Gasteiger partial charge in [-0.25, -0.2) is 17.6 Å². The Morgan fingerprint density at radius 3 is 1.27 bits per heavy atom. The molecule has 0 unspecified atom stereocenters. The molecule has 4 aromatic carbocycles. The standard InChI is InChI=1S/2C20H23F2NO/c2*1-14(24)17-9-10-23(12-15-5-3-2-4-6-15)13-18(17)16-7-8-19(21)20(22)11-16/h2*2-8,11,14,17-18,24H,9-10,12-13H2,1H3/t14-,17+,18+;14-,17-,18-/m01/s1. The molecular weight excluding hydrogens is 616 g/mol. The van der Waals surface area contributed by atoms with Crippen LogP contribution in [0.2, 0.25) is 0 Å². The van der Waals surface area contributed by atoms with Crippen LogP contribution in [0.4, 0.5) is 17.6 Å². The molecule has 0 aromatic heterocycles. The molecular formula is C40H46F4N2O2. The Bertz CT molecular complexity index is 1470. The van der Waals surface area contributed by atoms with E-state index in [0.29, 0.717) is 0 Å². The third-order valence-electron chi connectivity index (χ3n) is 9.98. The van der Waals surface area contributed by atoms with Gasteiger partial charge in [-0.3, -0.25) is 9.80 Å². The number of halogens is 4. The van der Waals surface area contributed by atoms with Gasteiger partial charge in [0.2, 0.25) is 0 Å². The van der Waals surface area contributed by atoms with Gasteiger partial charge in [0.25, 0.3) is 0 Å². The van der Waals surface area contributed by atoms with E-state index in [0.717, 1.165) is 63.2 Å². The molecule has 8 heteroatoms. The molecule has 0 saturated carbocycles. The molecule has 0 aliphatic carbocycles. The van der Waals surface area contributed by atoms with Gasteiger partial charge in [0.1, 0.15) is 0 Å². The van der Waals surface area contributed by atoms with E-state index in [1.165, 1.54) is 35.4 Å². The van der Waals surface area contributed by atoms with Gasteiger partial charge in [-0.15, -0.1) is 0 Å². The monoisotopic (exact) mass is 662 g/mol. The predicted octanol–water partition coefficient (Wildman–Crippen LogP) is 7.90. The fourth-order valence-corrected chi connectivity index (χ4v) is 7.39. The molecule has 4 nitrogen and oxygen atoms in total. The molecule has 2 aliphatic rings. The smallest absolute Gasteiger partial charge is 0.159 e. The van der Waals surface area contributed by atoms with Gasteiger partial charge in [-0.05, 0) is 98.1 Å². The van der Waals surface area contributed by atoms with Crippen molar-refractivity contribution in [2.75, 3.05) is 26.2 Å². The van der Waals surface area contributed by atoms with Gasteiger partial charge in [0, 0.05) is 38.0 Å². The van der Waals surface area contributed by atoms with Crippen LogP contribution in [-0.4, -0.2) is 58.4 Å². The molecule has 4 aromatic rings. The fraction of sp³-hybridized carbons (Fsp3) is 0.400. The lowest BCUT2D eigenvalue weighted by Crippen LogP contribution is -2.42. The molecule has 256 valence electrons. The summed E-state index contributed by atoms with van der Waals surface area (Å²) in [6.07, 6.45) is 0.742. The number of hydrogen-bond acceptors (Lipinski definition) is 4. The number of aliphatic hydroxyl groups excluding tert-OH is 2. The summed E-state index contributed by atoms with van der Waals surface area (Å²) in [4.78, 5) is 4.64. The second-order valence-electron chi connectivity index (χ2n) is 13.4. The second-order valence-corrected chi connectivity index (χ2v) is 13.4. The quantitative estimate of drug-likeness (QED) is 0.189. The number of rotatable bonds is 8. The molecule has 6 atom stereocenters. The van der Waals surface area contributed by atoms with Crippen molar-refractivity contribution in [3.05, 3.63) is 143 Å². The van der Waals surface area contributed by atoms with Gasteiger partial charge in [0.15, 0.2) is 23.3 Å². The average molecular weight is 663 g/mol. The summed E-state index contributed by atoms with van der Waals surface area (Å²) < 4.78 is 53.8. The van der Waals surface area contributed by atoms with Gasteiger partial charge in [-0.1, -0.05) is 72.8 Å². The Morgan fingerprint density at radius 1 is 0.562 bits per heavy atom. The van der Waals surface area contributed by atoms with Gasteiger partial charge in [-0.2, -0.15) is 0 Å². The van der Waals surface area contributed by atoms with E-state index in [1.54, 1.807) is 26.0 Å². The molecule has 2 fully saturated rings. The van der Waals surface area contributed by atoms with E-state index in [4.69, 9.17) is 0 Å². The molecule has 0 bridgehead atoms. The summed E-state index contributed by atoms with van der Waals surface area (Å²) >= 11 is 0. The molecule has 2 saturated heterocycles. The highest BCUT2D eigenvalue weighted by molar-refractivity contribution is 5.26. The predicted molar refractivity (Wildman–Crippen MR) is 181 cm³/mol. The van der Waals surface area contributed by atoms with Crippen LogP contribution in [0.5, 0.6) is 0 Å². The van der Waals surface area contributed by atoms with Crippen LogP contribution >= 0.6 is 0 Å². The summed E-state index contributed by atoms with van der Waals surface area (Å²) in [5, 5.41) is 20.2. The second kappa shape index (κ2) is 16.7. The summed E-state index contributed by atoms with van der Waals surface area (Å²) in [5.41, 5.74) is 3.99. The van der Waals surface area contributed by atoms with E-state index in [2.05, 4.69) is 34.1 Å². The molecule has 0 radical (unpaired) electrons. The zero-order valence-electron chi connectivity index (χ0n) is 27.7. The largest absolute Gasteiger partial charge is 0.393 e. The Balaban J connectivity index is 0.000000188. The SMILES string of the molecule is C[C@@H](O)[C@H]1CCN(Cc2ccccc2)C[C@@H]1c1ccc(F)c(F)c1.C[C@H](O)[C@H]1CCN(Cc2ccccc2)C[C@@H]1c1ccc(F)c(F)c1. The van der Waals surface area contributed by atoms with Crippen molar-refractivity contribution in [2.45, 2.75) is 63.8 Å². The number of aliphatic hydroxyl groups is 2. The zero-order valence-corrected chi connectivity index (χ0v) is 27.7. The number of piperidine rings is 2. The first-order valence-corrected chi connectivity index (χ1v) is 16.9. The number of likely N-dealkylation sites (tertiary alicyclic amines) is 2. The van der Waals surface area contributed by atoms with E-state index in [-0.39, 0.29) is 23.7 Å². The summed E-state index contributed by atoms with van der Waals surface area (Å²) in [6.45, 7) is 8.47. The van der Waals surface area contributed by atoms with Crippen molar-refractivity contribution in [3.8, 4) is 0 Å². The highest BCUT2D eigenvalue weighted by Gasteiger charge is 2.35. The summed E-state index contributed by atoms with van der Waals surface area (Å²) in [6, 6.07) is 28.6. The average Bonchev–Trinajstić information content (AvgIpc) is 3.08. The van der Waals surface area contributed by atoms with Gasteiger partial charge < -0.3 is 10.2 Å². The lowest BCUT2D eigenvalue weighted by Gasteiger charge is -2.40. The number of nitrogens with zero attached hydrogens (tertiary/aromatic N) is 2. The lowest BCUT2D eigenvalue weighted by atomic mass is 9.78. The van der Waals surface area contributed by atoms with Gasteiger partial charge in [0.05, 0.1) is 12.2 Å². The fourth-order valence-electron chi connectivity index (χ4n) is 7.39. The maximum absolute atomic E-state index is 13.7. The number of benzene rings is 4. The van der Waals surface area contributed by atoms with Crippen LogP contribution in [0.3, 0.4) is 0 Å². The van der Waals surface area contributed by atoms with Crippen molar-refractivity contribution < 1.29 is 27.8 Å². The van der Waals surface area contributed by atoms with Crippen LogP contribution in [0.15, 0.2) is 97.1 Å². The first-order chi connectivity index (χ1) is 23.1. The minimum Gasteiger partial charge on any atom is -0.393 e. The first kappa shape index (κ1) is 35.7. The molecule has 2 heterocycles. The molecule has 48 heavy (non-hydrogen) atoms. The van der Waals surface area contributed by atoms with Crippen molar-refractivity contribution in [1.29, 1.82) is 0 Å². The summed E-state index contributed by atoms with van der Waals surface area (Å²) in [5.74, 6) is -3.19. The van der Waals surface area contributed by atoms with Crippen LogP contribution in [0.1, 0.15) is 60.8 Å². The van der Waals surface area contributed by atoms with Crippen LogP contribution in [-0.2, 0) is 13.1 Å². The van der Waals surface area contributed by atoms with Crippen molar-refractivity contribution in [2.24, 2.45) is 11.8 Å². The molecule has 2 N–H and O–H groups in total. The van der Waals surface area contributed by atoms with Crippen molar-refractivity contribution in [1.82, 2.24) is 9.80 Å². The minimum atomic E-state index is -0.829. The van der Waals surface area contributed by atoms with Crippen LogP contribution < -0.4 is 0 Å². The third-order valence-corrected chi connectivity index (χ3v) is 9.98. The van der Waals surface area contributed by atoms with E-state index in [9.17, 15) is 27.8 Å². The zero-order chi connectivity index (χ0) is 34.2. The van der Waals surface area contributed by atoms with Crippen molar-refractivity contribution >= 4 is 0 Å². The Morgan fingerprint density at radius 2 is 0.938 bits per heavy atom. The Kier molecular flexibility index (Phi) is 12.4. The lowest BCUT2D eigenvalue weighted by molar-refractivity contribution is 0.0517. The topological polar surface area (TPSA) is 46.9 Å². The van der Waals surface area contributed by atoms with E-state index < -0.39 is 35.5 Å². The van der Waals surface area contributed by atoms with Crippen LogP contribution in [0.25, 0.3) is 0 Å². The van der Waals surface area contributed by atoms with E-state index in [1.807, 2.05) is 36.4 Å². The maximum atomic E-state index is 13.7. The molecule has 0 spiro atoms. The third kappa shape index (κ3) is 9.32. The maximum Gasteiger partial charge on any atom is 0.159 e. The van der Waals surface area contributed by atoms with E-state index >= 15 is 0 Å². The molecule has 2 aliphatic heterocycles. The first-order valence-electron chi connectivity index (χ1n) is 16.9. The highest BCUT2D eigenvalue weighted by atomic mass is 19.2. The molecule has 6 rings (SSSR count). The molecule has 0 amide bonds. The summed E-state index contributed by atoms with van der Waals surface area (Å²) in [7, 11) is 0. The Hall–Kier alpha value is -3.56. The van der Waals surface area contributed by atoms with Crippen molar-refractivity contribution in [3.63, 3.8) is 0 Å². The normalized spacial score (nSPS) is 23.2. The van der Waals surface area contributed by atoms with Gasteiger partial charge >= 0.3 is 0 Å². The highest BCUT2D eigenvalue weighted by Crippen LogP contribution is 2.37. The Labute approximate surface area is 281 Å². The minimum absolute atomic E-state index is 0.00226.